The third kappa shape index (κ3) is 4.77. The molecule has 0 spiro atoms. The van der Waals surface area contributed by atoms with Crippen LogP contribution in [0.3, 0.4) is 0 Å². The predicted octanol–water partition coefficient (Wildman–Crippen LogP) is 1.82. The highest BCUT2D eigenvalue weighted by Gasteiger charge is 2.33. The number of nitrogens with zero attached hydrogens (tertiary/aromatic N) is 2. The fourth-order valence-electron chi connectivity index (χ4n) is 2.62. The van der Waals surface area contributed by atoms with Crippen molar-refractivity contribution in [2.75, 3.05) is 26.7 Å². The normalized spacial score (nSPS) is 19.0. The van der Waals surface area contributed by atoms with Gasteiger partial charge in [0.1, 0.15) is 5.76 Å². The van der Waals surface area contributed by atoms with Gasteiger partial charge in [0.2, 0.25) is 0 Å². The summed E-state index contributed by atoms with van der Waals surface area (Å²) in [5.41, 5.74) is 0. The molecule has 0 atom stereocenters. The lowest BCUT2D eigenvalue weighted by Crippen LogP contribution is -2.42. The molecule has 0 bridgehead atoms. The molecule has 1 aromatic rings. The summed E-state index contributed by atoms with van der Waals surface area (Å²) in [5.74, 6) is 2.74. The minimum Gasteiger partial charge on any atom is -0.467 e. The molecular formula is C16H26N4O. The van der Waals surface area contributed by atoms with Crippen molar-refractivity contribution in [2.24, 2.45) is 10.9 Å². The minimum atomic E-state index is 0.668. The van der Waals surface area contributed by atoms with E-state index in [4.69, 9.17) is 4.42 Å². The number of nitrogens with one attached hydrogen (secondary N) is 2. The molecule has 0 unspecified atom stereocenters. The summed E-state index contributed by atoms with van der Waals surface area (Å²) in [5, 5.41) is 6.66. The third-order valence-corrected chi connectivity index (χ3v) is 4.18. The number of aliphatic imine (C=N–C) groups is 1. The van der Waals surface area contributed by atoms with Crippen LogP contribution in [-0.4, -0.2) is 43.6 Å². The summed E-state index contributed by atoms with van der Waals surface area (Å²) in [6, 6.07) is 4.72. The molecule has 2 aliphatic carbocycles. The first-order chi connectivity index (χ1) is 10.3. The number of guanidine groups is 1. The van der Waals surface area contributed by atoms with Crippen LogP contribution >= 0.6 is 0 Å². The highest BCUT2D eigenvalue weighted by atomic mass is 16.3. The lowest BCUT2D eigenvalue weighted by atomic mass is 10.3. The maximum Gasteiger partial charge on any atom is 0.191 e. The summed E-state index contributed by atoms with van der Waals surface area (Å²) < 4.78 is 5.31. The second kappa shape index (κ2) is 6.98. The van der Waals surface area contributed by atoms with Crippen molar-refractivity contribution in [1.82, 2.24) is 15.5 Å². The molecule has 5 nitrogen and oxygen atoms in total. The van der Waals surface area contributed by atoms with Crippen molar-refractivity contribution in [2.45, 2.75) is 38.3 Å². The van der Waals surface area contributed by atoms with Crippen LogP contribution in [0.1, 0.15) is 31.4 Å². The number of furan rings is 1. The average Bonchev–Trinajstić information content (AvgIpc) is 3.42. The van der Waals surface area contributed by atoms with Crippen LogP contribution in [0, 0.1) is 5.92 Å². The molecule has 5 heteroatoms. The molecule has 3 rings (SSSR count). The quantitative estimate of drug-likeness (QED) is 0.566. The van der Waals surface area contributed by atoms with Gasteiger partial charge >= 0.3 is 0 Å². The summed E-state index contributed by atoms with van der Waals surface area (Å²) in [4.78, 5) is 6.91. The Morgan fingerprint density at radius 3 is 2.81 bits per heavy atom. The Hall–Kier alpha value is -1.49. The Labute approximate surface area is 126 Å². The molecule has 1 heterocycles. The summed E-state index contributed by atoms with van der Waals surface area (Å²) in [7, 11) is 1.81. The van der Waals surface area contributed by atoms with E-state index >= 15 is 0 Å². The molecule has 1 aromatic heterocycles. The smallest absolute Gasteiger partial charge is 0.191 e. The first kappa shape index (κ1) is 14.4. The van der Waals surface area contributed by atoms with Crippen molar-refractivity contribution < 1.29 is 4.42 Å². The Kier molecular flexibility index (Phi) is 4.80. The maximum atomic E-state index is 5.31. The van der Waals surface area contributed by atoms with Crippen LogP contribution in [0.5, 0.6) is 0 Å². The van der Waals surface area contributed by atoms with Gasteiger partial charge in [-0.25, -0.2) is 0 Å². The third-order valence-electron chi connectivity index (χ3n) is 4.18. The lowest BCUT2D eigenvalue weighted by molar-refractivity contribution is 0.256. The molecule has 2 saturated carbocycles. The van der Waals surface area contributed by atoms with Crippen LogP contribution in [0.25, 0.3) is 0 Å². The zero-order chi connectivity index (χ0) is 14.5. The van der Waals surface area contributed by atoms with E-state index in [0.29, 0.717) is 6.54 Å². The van der Waals surface area contributed by atoms with Crippen LogP contribution < -0.4 is 10.6 Å². The summed E-state index contributed by atoms with van der Waals surface area (Å²) in [6.45, 7) is 4.02. The zero-order valence-corrected chi connectivity index (χ0v) is 12.8. The van der Waals surface area contributed by atoms with E-state index in [1.807, 2.05) is 12.1 Å². The standard InChI is InChI=1S/C16H26N4O/c1-17-16(19-11-15-3-2-10-21-15)18-8-9-20(14-6-7-14)12-13-4-5-13/h2-3,10,13-14H,4-9,11-12H2,1H3,(H2,17,18,19). The minimum absolute atomic E-state index is 0.668. The molecule has 116 valence electrons. The van der Waals surface area contributed by atoms with Gasteiger partial charge in [0.15, 0.2) is 5.96 Å². The molecule has 0 aromatic carbocycles. The second-order valence-electron chi connectivity index (χ2n) is 6.10. The van der Waals surface area contributed by atoms with Gasteiger partial charge in [0, 0.05) is 32.7 Å². The average molecular weight is 290 g/mol. The Bertz CT molecular complexity index is 449. The van der Waals surface area contributed by atoms with Gasteiger partial charge < -0.3 is 15.1 Å². The van der Waals surface area contributed by atoms with Gasteiger partial charge in [-0.2, -0.15) is 0 Å². The molecule has 2 N–H and O–H groups in total. The Morgan fingerprint density at radius 1 is 1.33 bits per heavy atom. The van der Waals surface area contributed by atoms with Crippen molar-refractivity contribution in [3.8, 4) is 0 Å². The second-order valence-corrected chi connectivity index (χ2v) is 6.10. The van der Waals surface area contributed by atoms with E-state index in [1.54, 1.807) is 13.3 Å². The number of hydrogen-bond acceptors (Lipinski definition) is 3. The first-order valence-corrected chi connectivity index (χ1v) is 8.06. The topological polar surface area (TPSA) is 52.8 Å². The van der Waals surface area contributed by atoms with E-state index in [9.17, 15) is 0 Å². The largest absolute Gasteiger partial charge is 0.467 e. The number of hydrogen-bond donors (Lipinski definition) is 2. The monoisotopic (exact) mass is 290 g/mol. The Balaban J connectivity index is 1.35. The van der Waals surface area contributed by atoms with Gasteiger partial charge in [0.25, 0.3) is 0 Å². The van der Waals surface area contributed by atoms with Crippen molar-refractivity contribution in [3.05, 3.63) is 24.2 Å². The van der Waals surface area contributed by atoms with E-state index in [0.717, 1.165) is 36.8 Å². The van der Waals surface area contributed by atoms with E-state index in [-0.39, 0.29) is 0 Å². The predicted molar refractivity (Wildman–Crippen MR) is 84.2 cm³/mol. The van der Waals surface area contributed by atoms with Gasteiger partial charge in [-0.1, -0.05) is 0 Å². The Morgan fingerprint density at radius 2 is 2.19 bits per heavy atom. The molecule has 21 heavy (non-hydrogen) atoms. The van der Waals surface area contributed by atoms with E-state index < -0.39 is 0 Å². The van der Waals surface area contributed by atoms with Crippen molar-refractivity contribution >= 4 is 5.96 Å². The fraction of sp³-hybridized carbons (Fsp3) is 0.688. The fourth-order valence-corrected chi connectivity index (χ4v) is 2.62. The van der Waals surface area contributed by atoms with E-state index in [2.05, 4.69) is 20.5 Å². The molecular weight excluding hydrogens is 264 g/mol. The number of rotatable bonds is 8. The molecule has 0 aliphatic heterocycles. The van der Waals surface area contributed by atoms with Crippen LogP contribution in [0.15, 0.2) is 27.8 Å². The molecule has 0 amide bonds. The van der Waals surface area contributed by atoms with Crippen molar-refractivity contribution in [1.29, 1.82) is 0 Å². The molecule has 0 radical (unpaired) electrons. The highest BCUT2D eigenvalue weighted by Crippen LogP contribution is 2.34. The SMILES string of the molecule is CN=C(NCCN(CC1CC1)C1CC1)NCc1ccco1. The van der Waals surface area contributed by atoms with Gasteiger partial charge in [-0.15, -0.1) is 0 Å². The van der Waals surface area contributed by atoms with Gasteiger partial charge in [-0.05, 0) is 43.7 Å². The molecule has 0 saturated heterocycles. The maximum absolute atomic E-state index is 5.31. The summed E-state index contributed by atoms with van der Waals surface area (Å²) >= 11 is 0. The molecule has 2 aliphatic rings. The van der Waals surface area contributed by atoms with Crippen LogP contribution in [0.2, 0.25) is 0 Å². The first-order valence-electron chi connectivity index (χ1n) is 8.06. The lowest BCUT2D eigenvalue weighted by Gasteiger charge is -2.22. The highest BCUT2D eigenvalue weighted by molar-refractivity contribution is 5.79. The van der Waals surface area contributed by atoms with Crippen LogP contribution in [-0.2, 0) is 6.54 Å². The van der Waals surface area contributed by atoms with E-state index in [1.165, 1.54) is 32.2 Å². The van der Waals surface area contributed by atoms with Crippen molar-refractivity contribution in [3.63, 3.8) is 0 Å². The van der Waals surface area contributed by atoms with Gasteiger partial charge in [0.05, 0.1) is 12.8 Å². The zero-order valence-electron chi connectivity index (χ0n) is 12.8. The van der Waals surface area contributed by atoms with Gasteiger partial charge in [-0.3, -0.25) is 9.89 Å². The summed E-state index contributed by atoms with van der Waals surface area (Å²) in [6.07, 6.45) is 7.33. The molecule has 2 fully saturated rings. The van der Waals surface area contributed by atoms with Crippen LogP contribution in [0.4, 0.5) is 0 Å².